The van der Waals surface area contributed by atoms with E-state index in [-0.39, 0.29) is 11.8 Å². The summed E-state index contributed by atoms with van der Waals surface area (Å²) in [6.07, 6.45) is 2.09. The lowest BCUT2D eigenvalue weighted by molar-refractivity contribution is -0.131. The van der Waals surface area contributed by atoms with Crippen LogP contribution in [0.1, 0.15) is 30.6 Å². The normalized spacial score (nSPS) is 12.1. The Morgan fingerprint density at radius 2 is 2.00 bits per heavy atom. The number of carbonyl (C=O) groups excluding carboxylic acids is 1. The topological polar surface area (TPSA) is 59.5 Å². The number of nitrogens with two attached hydrogens (primary N) is 1. The van der Waals surface area contributed by atoms with Crippen molar-refractivity contribution in [2.75, 3.05) is 12.8 Å². The smallest absolute Gasteiger partial charge is 0.223 e. The number of nitrogen functional groups attached to an aromatic ring is 1. The molecule has 1 heterocycles. The van der Waals surface area contributed by atoms with Crippen molar-refractivity contribution >= 4 is 11.6 Å². The van der Waals surface area contributed by atoms with Gasteiger partial charge < -0.3 is 15.1 Å². The Balaban J connectivity index is 1.91. The van der Waals surface area contributed by atoms with Gasteiger partial charge in [-0.15, -0.1) is 0 Å². The third-order valence-corrected chi connectivity index (χ3v) is 3.39. The number of hydrogen-bond donors (Lipinski definition) is 1. The second-order valence-electron chi connectivity index (χ2n) is 5.10. The molecule has 2 rings (SSSR count). The highest BCUT2D eigenvalue weighted by molar-refractivity contribution is 5.76. The van der Waals surface area contributed by atoms with E-state index < -0.39 is 0 Å². The summed E-state index contributed by atoms with van der Waals surface area (Å²) in [6.45, 7) is 2.55. The second kappa shape index (κ2) is 6.28. The fourth-order valence-corrected chi connectivity index (χ4v) is 2.08. The second-order valence-corrected chi connectivity index (χ2v) is 5.10. The van der Waals surface area contributed by atoms with E-state index in [4.69, 9.17) is 10.2 Å². The highest BCUT2D eigenvalue weighted by Gasteiger charge is 2.15. The van der Waals surface area contributed by atoms with Gasteiger partial charge in [-0.05, 0) is 35.7 Å². The predicted octanol–water partition coefficient (Wildman–Crippen LogP) is 3.01. The van der Waals surface area contributed by atoms with Crippen molar-refractivity contribution in [1.29, 1.82) is 0 Å². The number of benzene rings is 1. The van der Waals surface area contributed by atoms with Crippen molar-refractivity contribution in [1.82, 2.24) is 4.90 Å². The lowest BCUT2D eigenvalue weighted by atomic mass is 9.97. The molecule has 0 bridgehead atoms. The molecular weight excluding hydrogens is 252 g/mol. The molecule has 0 radical (unpaired) electrons. The molecule has 0 spiro atoms. The molecule has 0 saturated carbocycles. The van der Waals surface area contributed by atoms with Gasteiger partial charge in [0.1, 0.15) is 5.76 Å². The molecule has 0 saturated heterocycles. The first kappa shape index (κ1) is 14.2. The molecule has 2 aromatic rings. The van der Waals surface area contributed by atoms with Crippen LogP contribution in [0.4, 0.5) is 5.69 Å². The number of carbonyl (C=O) groups is 1. The lowest BCUT2D eigenvalue weighted by Gasteiger charge is -2.19. The average Bonchev–Trinajstić information content (AvgIpc) is 2.92. The van der Waals surface area contributed by atoms with Gasteiger partial charge in [0.2, 0.25) is 5.91 Å². The van der Waals surface area contributed by atoms with Gasteiger partial charge in [-0.3, -0.25) is 4.79 Å². The van der Waals surface area contributed by atoms with Crippen LogP contribution in [0, 0.1) is 0 Å². The van der Waals surface area contributed by atoms with Crippen LogP contribution in [0.15, 0.2) is 47.1 Å². The number of anilines is 1. The van der Waals surface area contributed by atoms with Crippen molar-refractivity contribution in [3.05, 3.63) is 54.0 Å². The number of rotatable bonds is 5. The quantitative estimate of drug-likeness (QED) is 0.851. The van der Waals surface area contributed by atoms with Gasteiger partial charge in [0.15, 0.2) is 0 Å². The molecule has 106 valence electrons. The first-order valence-corrected chi connectivity index (χ1v) is 6.68. The first-order chi connectivity index (χ1) is 9.56. The summed E-state index contributed by atoms with van der Waals surface area (Å²) >= 11 is 0. The third-order valence-electron chi connectivity index (χ3n) is 3.39. The zero-order chi connectivity index (χ0) is 14.5. The maximum atomic E-state index is 12.2. The molecule has 1 amide bonds. The van der Waals surface area contributed by atoms with Crippen LogP contribution in [0.3, 0.4) is 0 Å². The van der Waals surface area contributed by atoms with E-state index in [1.807, 2.05) is 43.3 Å². The Morgan fingerprint density at radius 1 is 1.30 bits per heavy atom. The summed E-state index contributed by atoms with van der Waals surface area (Å²) in [7, 11) is 1.79. The van der Waals surface area contributed by atoms with E-state index >= 15 is 0 Å². The van der Waals surface area contributed by atoms with Gasteiger partial charge in [0, 0.05) is 19.2 Å². The first-order valence-electron chi connectivity index (χ1n) is 6.68. The van der Waals surface area contributed by atoms with Crippen LogP contribution >= 0.6 is 0 Å². The molecule has 20 heavy (non-hydrogen) atoms. The van der Waals surface area contributed by atoms with Crippen molar-refractivity contribution in [2.45, 2.75) is 25.8 Å². The summed E-state index contributed by atoms with van der Waals surface area (Å²) < 4.78 is 5.25. The number of amides is 1. The van der Waals surface area contributed by atoms with Crippen LogP contribution in [0.25, 0.3) is 0 Å². The van der Waals surface area contributed by atoms with Gasteiger partial charge in [0.25, 0.3) is 0 Å². The molecule has 2 N–H and O–H groups in total. The van der Waals surface area contributed by atoms with E-state index in [0.717, 1.165) is 17.0 Å². The minimum absolute atomic E-state index is 0.103. The van der Waals surface area contributed by atoms with Crippen LogP contribution < -0.4 is 5.73 Å². The molecule has 4 nitrogen and oxygen atoms in total. The Bertz CT molecular complexity index is 546. The van der Waals surface area contributed by atoms with Crippen LogP contribution in [0.2, 0.25) is 0 Å². The Morgan fingerprint density at radius 3 is 2.60 bits per heavy atom. The molecular formula is C16H20N2O2. The molecule has 1 aromatic carbocycles. The fourth-order valence-electron chi connectivity index (χ4n) is 2.08. The van der Waals surface area contributed by atoms with Crippen LogP contribution in [0.5, 0.6) is 0 Å². The summed E-state index contributed by atoms with van der Waals surface area (Å²) in [6, 6.07) is 11.4. The van der Waals surface area contributed by atoms with Crippen molar-refractivity contribution in [2.24, 2.45) is 0 Å². The minimum Gasteiger partial charge on any atom is -0.467 e. The SMILES string of the molecule is CC(CC(=O)N(C)Cc1ccco1)c1ccc(N)cc1. The average molecular weight is 272 g/mol. The molecule has 0 aliphatic heterocycles. The predicted molar refractivity (Wildman–Crippen MR) is 79.1 cm³/mol. The molecule has 0 aliphatic carbocycles. The minimum atomic E-state index is 0.103. The summed E-state index contributed by atoms with van der Waals surface area (Å²) in [5.41, 5.74) is 7.53. The van der Waals surface area contributed by atoms with Crippen molar-refractivity contribution in [3.8, 4) is 0 Å². The maximum Gasteiger partial charge on any atom is 0.223 e. The molecule has 1 aromatic heterocycles. The van der Waals surface area contributed by atoms with Gasteiger partial charge in [-0.2, -0.15) is 0 Å². The Labute approximate surface area is 119 Å². The van der Waals surface area contributed by atoms with E-state index in [1.165, 1.54) is 0 Å². The van der Waals surface area contributed by atoms with E-state index in [9.17, 15) is 4.79 Å². The highest BCUT2D eigenvalue weighted by atomic mass is 16.3. The molecule has 1 atom stereocenters. The number of furan rings is 1. The van der Waals surface area contributed by atoms with E-state index in [2.05, 4.69) is 0 Å². The fraction of sp³-hybridized carbons (Fsp3) is 0.312. The molecule has 4 heteroatoms. The summed E-state index contributed by atoms with van der Waals surface area (Å²) in [4.78, 5) is 13.9. The van der Waals surface area contributed by atoms with Gasteiger partial charge in [0.05, 0.1) is 12.8 Å². The monoisotopic (exact) mass is 272 g/mol. The van der Waals surface area contributed by atoms with E-state index in [1.54, 1.807) is 18.2 Å². The highest BCUT2D eigenvalue weighted by Crippen LogP contribution is 2.21. The molecule has 0 aliphatic rings. The maximum absolute atomic E-state index is 12.2. The van der Waals surface area contributed by atoms with Gasteiger partial charge in [-0.25, -0.2) is 0 Å². The zero-order valence-electron chi connectivity index (χ0n) is 11.9. The van der Waals surface area contributed by atoms with E-state index in [0.29, 0.717) is 13.0 Å². The number of nitrogens with zero attached hydrogens (tertiary/aromatic N) is 1. The van der Waals surface area contributed by atoms with Crippen LogP contribution in [-0.2, 0) is 11.3 Å². The Kier molecular flexibility index (Phi) is 4.45. The van der Waals surface area contributed by atoms with Gasteiger partial charge >= 0.3 is 0 Å². The Hall–Kier alpha value is -2.23. The van der Waals surface area contributed by atoms with Crippen LogP contribution in [-0.4, -0.2) is 17.9 Å². The lowest BCUT2D eigenvalue weighted by Crippen LogP contribution is -2.27. The summed E-state index contributed by atoms with van der Waals surface area (Å²) in [5, 5.41) is 0. The number of hydrogen-bond acceptors (Lipinski definition) is 3. The standard InChI is InChI=1S/C16H20N2O2/c1-12(13-5-7-14(17)8-6-13)10-16(19)18(2)11-15-4-3-9-20-15/h3-9,12H,10-11,17H2,1-2H3. The zero-order valence-corrected chi connectivity index (χ0v) is 11.9. The molecule has 0 fully saturated rings. The molecule has 1 unspecified atom stereocenters. The van der Waals surface area contributed by atoms with Crippen molar-refractivity contribution < 1.29 is 9.21 Å². The third kappa shape index (κ3) is 3.63. The van der Waals surface area contributed by atoms with Gasteiger partial charge in [-0.1, -0.05) is 19.1 Å². The summed E-state index contributed by atoms with van der Waals surface area (Å²) in [5.74, 6) is 1.06. The van der Waals surface area contributed by atoms with Crippen molar-refractivity contribution in [3.63, 3.8) is 0 Å². The largest absolute Gasteiger partial charge is 0.467 e.